The standard InChI is InChI=1S/C68H124N6O10/c1-23-25-34-50(56(76)74(47(5)59(79)83-53-41-65(15,16)71-66(17,18)42-53)48(6)60(80)84-54-43-67(19,20)72-68(21,22)44-54)35-31-30-33-49(24-2)32-28-26-27-29-36-55(75)73(45(3)57(77)81-51-37-61(7,8)69-62(9,10)38-51)46(4)58(78)82-52-39-63(11,12)70-64(13,14)40-52/h45-54,69-72H,23-44H2,1-22H3. The molecule has 0 saturated carbocycles. The normalized spacial score (nSPS) is 24.0. The maximum atomic E-state index is 15.1. The molecule has 0 aromatic carbocycles. The minimum atomic E-state index is -0.998. The van der Waals surface area contributed by atoms with Gasteiger partial charge in [0.1, 0.15) is 48.6 Å². The number of ether oxygens (including phenoxy) is 4. The number of carbonyl (C=O) groups excluding carboxylic acids is 6. The minimum absolute atomic E-state index is 0.192. The Kier molecular flexibility index (Phi) is 25.9. The third kappa shape index (κ3) is 23.3. The fraction of sp³-hybridized carbons (Fsp3) is 0.912. The fourth-order valence-corrected chi connectivity index (χ4v) is 15.9. The summed E-state index contributed by atoms with van der Waals surface area (Å²) in [7, 11) is 0. The van der Waals surface area contributed by atoms with Crippen molar-refractivity contribution in [2.45, 2.75) is 386 Å². The highest BCUT2D eigenvalue weighted by Gasteiger charge is 2.47. The van der Waals surface area contributed by atoms with E-state index in [-0.39, 0.29) is 92.9 Å². The van der Waals surface area contributed by atoms with Crippen LogP contribution in [-0.4, -0.2) is 138 Å². The summed E-state index contributed by atoms with van der Waals surface area (Å²) in [6.45, 7) is 44.8. The summed E-state index contributed by atoms with van der Waals surface area (Å²) >= 11 is 0. The van der Waals surface area contributed by atoms with Crippen LogP contribution in [0, 0.1) is 11.8 Å². The van der Waals surface area contributed by atoms with Crippen LogP contribution in [0.3, 0.4) is 0 Å². The van der Waals surface area contributed by atoms with Crippen LogP contribution in [0.4, 0.5) is 0 Å². The highest BCUT2D eigenvalue weighted by molar-refractivity contribution is 5.91. The van der Waals surface area contributed by atoms with E-state index >= 15 is 4.79 Å². The second kappa shape index (κ2) is 29.8. The highest BCUT2D eigenvalue weighted by Crippen LogP contribution is 2.36. The molecular weight excluding hydrogens is 1060 g/mol. The quantitative estimate of drug-likeness (QED) is 0.0314. The molecule has 0 spiro atoms. The predicted molar refractivity (Wildman–Crippen MR) is 336 cm³/mol. The predicted octanol–water partition coefficient (Wildman–Crippen LogP) is 12.3. The van der Waals surface area contributed by atoms with Gasteiger partial charge in [-0.1, -0.05) is 78.1 Å². The van der Waals surface area contributed by atoms with E-state index in [0.29, 0.717) is 76.5 Å². The van der Waals surface area contributed by atoms with Crippen LogP contribution in [0.15, 0.2) is 0 Å². The molecule has 4 N–H and O–H groups in total. The molecule has 6 atom stereocenters. The zero-order valence-corrected chi connectivity index (χ0v) is 57.3. The third-order valence-corrected chi connectivity index (χ3v) is 18.3. The molecule has 4 saturated heterocycles. The summed E-state index contributed by atoms with van der Waals surface area (Å²) in [5.74, 6) is -2.33. The Morgan fingerprint density at radius 3 is 0.940 bits per heavy atom. The summed E-state index contributed by atoms with van der Waals surface area (Å²) < 4.78 is 24.9. The molecule has 0 aromatic heterocycles. The van der Waals surface area contributed by atoms with Gasteiger partial charge in [-0.2, -0.15) is 0 Å². The SMILES string of the molecule is CCCCC(CCCCC(CC)CCCCCCC(=O)N(C(C)C(=O)OC1CC(C)(C)NC(C)(C)C1)C(C)C(=O)OC1CC(C)(C)NC(C)(C)C1)C(=O)N(C(C)C(=O)OC1CC(C)(C)NC(C)(C)C1)C(C)C(=O)OC1CC(C)(C)NC(C)(C)C1. The maximum absolute atomic E-state index is 15.1. The number of nitrogens with zero attached hydrogens (tertiary/aromatic N) is 2. The highest BCUT2D eigenvalue weighted by atomic mass is 16.6. The van der Waals surface area contributed by atoms with Crippen molar-refractivity contribution in [2.24, 2.45) is 11.8 Å². The van der Waals surface area contributed by atoms with E-state index in [1.165, 1.54) is 9.80 Å². The zero-order valence-electron chi connectivity index (χ0n) is 57.3. The Bertz CT molecular complexity index is 2010. The summed E-state index contributed by atoms with van der Waals surface area (Å²) in [5.41, 5.74) is -2.00. The molecule has 0 bridgehead atoms. The first-order valence-electron chi connectivity index (χ1n) is 33.1. The molecule has 4 fully saturated rings. The minimum Gasteiger partial charge on any atom is -0.461 e. The molecule has 0 radical (unpaired) electrons. The Hall–Kier alpha value is -3.34. The third-order valence-electron chi connectivity index (χ3n) is 18.3. The fourth-order valence-electron chi connectivity index (χ4n) is 15.9. The smallest absolute Gasteiger partial charge is 0.328 e. The van der Waals surface area contributed by atoms with E-state index in [9.17, 15) is 24.0 Å². The van der Waals surface area contributed by atoms with Crippen LogP contribution in [0.1, 0.15) is 294 Å². The molecule has 486 valence electrons. The van der Waals surface area contributed by atoms with Gasteiger partial charge in [0, 0.05) is 108 Å². The molecule has 84 heavy (non-hydrogen) atoms. The summed E-state index contributed by atoms with van der Waals surface area (Å²) in [6.07, 6.45) is 15.3. The Balaban J connectivity index is 1.38. The lowest BCUT2D eigenvalue weighted by atomic mass is 9.81. The summed E-state index contributed by atoms with van der Waals surface area (Å²) in [5, 5.41) is 14.6. The van der Waals surface area contributed by atoms with Gasteiger partial charge < -0.3 is 50.0 Å². The van der Waals surface area contributed by atoms with E-state index < -0.39 is 48.0 Å². The first-order valence-corrected chi connectivity index (χ1v) is 33.1. The van der Waals surface area contributed by atoms with Crippen molar-refractivity contribution in [2.75, 3.05) is 0 Å². The van der Waals surface area contributed by atoms with Gasteiger partial charge >= 0.3 is 23.9 Å². The lowest BCUT2D eigenvalue weighted by molar-refractivity contribution is -0.172. The molecular formula is C68H124N6O10. The molecule has 16 heteroatoms. The molecule has 2 amide bonds. The van der Waals surface area contributed by atoms with Gasteiger partial charge in [-0.25, -0.2) is 19.2 Å². The Morgan fingerprint density at radius 1 is 0.381 bits per heavy atom. The number of esters is 4. The van der Waals surface area contributed by atoms with Crippen molar-refractivity contribution < 1.29 is 47.7 Å². The first-order chi connectivity index (χ1) is 38.5. The van der Waals surface area contributed by atoms with Gasteiger partial charge in [0.25, 0.3) is 0 Å². The summed E-state index contributed by atoms with van der Waals surface area (Å²) in [4.78, 5) is 89.0. The number of hydrogen-bond donors (Lipinski definition) is 4. The van der Waals surface area contributed by atoms with E-state index in [0.717, 1.165) is 64.2 Å². The van der Waals surface area contributed by atoms with Crippen molar-refractivity contribution in [1.29, 1.82) is 0 Å². The Morgan fingerprint density at radius 2 is 0.643 bits per heavy atom. The van der Waals surface area contributed by atoms with E-state index in [2.05, 4.69) is 146 Å². The molecule has 0 aromatic rings. The number of carbonyl (C=O) groups is 6. The molecule has 6 unspecified atom stereocenters. The van der Waals surface area contributed by atoms with Gasteiger partial charge in [-0.3, -0.25) is 9.59 Å². The van der Waals surface area contributed by atoms with E-state index in [1.807, 2.05) is 0 Å². The van der Waals surface area contributed by atoms with Crippen molar-refractivity contribution in [3.63, 3.8) is 0 Å². The largest absolute Gasteiger partial charge is 0.461 e. The van der Waals surface area contributed by atoms with Crippen LogP contribution in [0.5, 0.6) is 0 Å². The molecule has 4 aliphatic rings. The topological polar surface area (TPSA) is 194 Å². The van der Waals surface area contributed by atoms with Gasteiger partial charge in [-0.15, -0.1) is 0 Å². The number of hydrogen-bond acceptors (Lipinski definition) is 14. The molecule has 4 heterocycles. The van der Waals surface area contributed by atoms with Crippen molar-refractivity contribution in [3.8, 4) is 0 Å². The Labute approximate surface area is 510 Å². The van der Waals surface area contributed by atoms with Crippen molar-refractivity contribution in [3.05, 3.63) is 0 Å². The second-order valence-electron chi connectivity index (χ2n) is 32.0. The van der Waals surface area contributed by atoms with Crippen LogP contribution in [0.2, 0.25) is 0 Å². The number of nitrogens with one attached hydrogen (secondary N) is 4. The molecule has 4 aliphatic heterocycles. The number of amides is 2. The number of piperidine rings is 4. The maximum Gasteiger partial charge on any atom is 0.328 e. The van der Waals surface area contributed by atoms with Crippen LogP contribution >= 0.6 is 0 Å². The van der Waals surface area contributed by atoms with Crippen LogP contribution in [-0.2, 0) is 47.7 Å². The monoisotopic (exact) mass is 1180 g/mol. The molecule has 0 aliphatic carbocycles. The van der Waals surface area contributed by atoms with Crippen molar-refractivity contribution >= 4 is 35.7 Å². The average molecular weight is 1190 g/mol. The van der Waals surface area contributed by atoms with Gasteiger partial charge in [0.05, 0.1) is 0 Å². The van der Waals surface area contributed by atoms with Gasteiger partial charge in [0.15, 0.2) is 0 Å². The van der Waals surface area contributed by atoms with Crippen molar-refractivity contribution in [1.82, 2.24) is 31.1 Å². The molecule has 4 rings (SSSR count). The lowest BCUT2D eigenvalue weighted by Crippen LogP contribution is -2.61. The van der Waals surface area contributed by atoms with E-state index in [4.69, 9.17) is 18.9 Å². The number of rotatable bonds is 29. The van der Waals surface area contributed by atoms with E-state index in [1.54, 1.807) is 27.7 Å². The lowest BCUT2D eigenvalue weighted by Gasteiger charge is -2.46. The zero-order chi connectivity index (χ0) is 63.6. The second-order valence-corrected chi connectivity index (χ2v) is 32.0. The number of unbranched alkanes of at least 4 members (excludes halogenated alkanes) is 5. The van der Waals surface area contributed by atoms with Crippen LogP contribution < -0.4 is 21.3 Å². The first kappa shape index (κ1) is 73.1. The summed E-state index contributed by atoms with van der Waals surface area (Å²) in [6, 6.07) is -3.96. The molecule has 16 nitrogen and oxygen atoms in total. The average Bonchev–Trinajstić information content (AvgIpc) is 3.53. The van der Waals surface area contributed by atoms with Gasteiger partial charge in [0.2, 0.25) is 11.8 Å². The van der Waals surface area contributed by atoms with Crippen LogP contribution in [0.25, 0.3) is 0 Å². The van der Waals surface area contributed by atoms with Gasteiger partial charge in [-0.05, 0) is 164 Å².